The van der Waals surface area contributed by atoms with Gasteiger partial charge in [0.05, 0.1) is 19.8 Å². The Kier molecular flexibility index (Phi) is 4.70. The summed E-state index contributed by atoms with van der Waals surface area (Å²) in [6, 6.07) is 7.23. The molecular formula is C16H21N3O3. The molecule has 0 radical (unpaired) electrons. The van der Waals surface area contributed by atoms with Gasteiger partial charge in [0.1, 0.15) is 0 Å². The van der Waals surface area contributed by atoms with Gasteiger partial charge < -0.3 is 15.4 Å². The van der Waals surface area contributed by atoms with E-state index in [0.29, 0.717) is 19.8 Å². The van der Waals surface area contributed by atoms with E-state index in [1.807, 2.05) is 12.1 Å². The van der Waals surface area contributed by atoms with Crippen LogP contribution in [-0.2, 0) is 14.3 Å². The van der Waals surface area contributed by atoms with E-state index >= 15 is 0 Å². The third-order valence-corrected chi connectivity index (χ3v) is 3.86. The quantitative estimate of drug-likeness (QED) is 0.860. The summed E-state index contributed by atoms with van der Waals surface area (Å²) in [6.07, 6.45) is 1.98. The van der Waals surface area contributed by atoms with Crippen molar-refractivity contribution in [1.29, 1.82) is 0 Å². The predicted molar refractivity (Wildman–Crippen MR) is 83.7 cm³/mol. The maximum atomic E-state index is 12.0. The largest absolute Gasteiger partial charge is 0.379 e. The summed E-state index contributed by atoms with van der Waals surface area (Å²) >= 11 is 0. The average Bonchev–Trinajstić information content (AvgIpc) is 3.35. The summed E-state index contributed by atoms with van der Waals surface area (Å²) in [4.78, 5) is 25.7. The molecule has 6 nitrogen and oxygen atoms in total. The third-order valence-electron chi connectivity index (χ3n) is 3.86. The van der Waals surface area contributed by atoms with E-state index < -0.39 is 0 Å². The highest BCUT2D eigenvalue weighted by atomic mass is 16.5. The first-order chi connectivity index (χ1) is 10.7. The zero-order valence-electron chi connectivity index (χ0n) is 12.5. The van der Waals surface area contributed by atoms with E-state index in [-0.39, 0.29) is 17.7 Å². The highest BCUT2D eigenvalue weighted by molar-refractivity contribution is 5.95. The number of hydrogen-bond donors (Lipinski definition) is 2. The predicted octanol–water partition coefficient (Wildman–Crippen LogP) is 1.31. The fourth-order valence-electron chi connectivity index (χ4n) is 2.39. The molecule has 0 bridgehead atoms. The van der Waals surface area contributed by atoms with Gasteiger partial charge in [-0.1, -0.05) is 0 Å². The summed E-state index contributed by atoms with van der Waals surface area (Å²) in [7, 11) is 0. The van der Waals surface area contributed by atoms with Crippen molar-refractivity contribution in [1.82, 2.24) is 4.90 Å². The van der Waals surface area contributed by atoms with Crippen LogP contribution in [0.3, 0.4) is 0 Å². The smallest absolute Gasteiger partial charge is 0.238 e. The van der Waals surface area contributed by atoms with Crippen LogP contribution in [0.4, 0.5) is 11.4 Å². The monoisotopic (exact) mass is 303 g/mol. The van der Waals surface area contributed by atoms with Gasteiger partial charge in [0, 0.05) is 30.4 Å². The number of ether oxygens (including phenoxy) is 1. The van der Waals surface area contributed by atoms with E-state index in [9.17, 15) is 9.59 Å². The number of hydrogen-bond acceptors (Lipinski definition) is 4. The van der Waals surface area contributed by atoms with E-state index in [1.165, 1.54) is 0 Å². The Labute approximate surface area is 129 Å². The van der Waals surface area contributed by atoms with Crippen molar-refractivity contribution in [3.63, 3.8) is 0 Å². The third kappa shape index (κ3) is 4.29. The maximum Gasteiger partial charge on any atom is 0.238 e. The minimum Gasteiger partial charge on any atom is -0.379 e. The molecule has 1 aromatic carbocycles. The summed E-state index contributed by atoms with van der Waals surface area (Å²) < 4.78 is 5.26. The lowest BCUT2D eigenvalue weighted by Crippen LogP contribution is -2.41. The van der Waals surface area contributed by atoms with E-state index in [4.69, 9.17) is 4.74 Å². The number of carbonyl (C=O) groups excluding carboxylic acids is 2. The van der Waals surface area contributed by atoms with E-state index in [0.717, 1.165) is 37.3 Å². The van der Waals surface area contributed by atoms with Crippen LogP contribution in [0.15, 0.2) is 24.3 Å². The molecule has 1 aromatic rings. The Bertz CT molecular complexity index is 534. The average molecular weight is 303 g/mol. The van der Waals surface area contributed by atoms with Crippen molar-refractivity contribution in [3.8, 4) is 0 Å². The Morgan fingerprint density at radius 2 is 1.64 bits per heavy atom. The standard InChI is InChI=1S/C16H21N3O3/c20-15(11-19-7-9-22-10-8-19)17-13-3-5-14(6-4-13)18-16(21)12-1-2-12/h3-6,12H,1-2,7-11H2,(H,17,20)(H,18,21). The van der Waals surface area contributed by atoms with Gasteiger partial charge >= 0.3 is 0 Å². The molecule has 1 heterocycles. The fourth-order valence-corrected chi connectivity index (χ4v) is 2.39. The maximum absolute atomic E-state index is 12.0. The second-order valence-electron chi connectivity index (χ2n) is 5.78. The number of anilines is 2. The summed E-state index contributed by atoms with van der Waals surface area (Å²) in [5.41, 5.74) is 1.51. The van der Waals surface area contributed by atoms with Crippen LogP contribution in [-0.4, -0.2) is 49.6 Å². The van der Waals surface area contributed by atoms with Gasteiger partial charge in [-0.3, -0.25) is 14.5 Å². The van der Waals surface area contributed by atoms with Gasteiger partial charge in [-0.25, -0.2) is 0 Å². The van der Waals surface area contributed by atoms with E-state index in [1.54, 1.807) is 12.1 Å². The van der Waals surface area contributed by atoms with Crippen LogP contribution in [0.2, 0.25) is 0 Å². The first kappa shape index (κ1) is 15.0. The molecule has 118 valence electrons. The number of rotatable bonds is 5. The van der Waals surface area contributed by atoms with Crippen molar-refractivity contribution in [3.05, 3.63) is 24.3 Å². The summed E-state index contributed by atoms with van der Waals surface area (Å²) in [5.74, 6) is 0.244. The molecule has 1 saturated heterocycles. The Hall–Kier alpha value is -1.92. The van der Waals surface area contributed by atoms with Crippen LogP contribution >= 0.6 is 0 Å². The number of nitrogens with zero attached hydrogens (tertiary/aromatic N) is 1. The van der Waals surface area contributed by atoms with Gasteiger partial charge in [-0.05, 0) is 37.1 Å². The molecule has 0 spiro atoms. The zero-order valence-corrected chi connectivity index (χ0v) is 12.5. The molecule has 0 aromatic heterocycles. The van der Waals surface area contributed by atoms with Crippen molar-refractivity contribution in [2.75, 3.05) is 43.5 Å². The highest BCUT2D eigenvalue weighted by Crippen LogP contribution is 2.30. The number of benzene rings is 1. The molecule has 2 aliphatic rings. The summed E-state index contributed by atoms with van der Waals surface area (Å²) in [5, 5.41) is 5.75. The van der Waals surface area contributed by atoms with Gasteiger partial charge in [-0.15, -0.1) is 0 Å². The summed E-state index contributed by atoms with van der Waals surface area (Å²) in [6.45, 7) is 3.33. The van der Waals surface area contributed by atoms with Crippen LogP contribution in [0, 0.1) is 5.92 Å². The van der Waals surface area contributed by atoms with Crippen molar-refractivity contribution >= 4 is 23.2 Å². The van der Waals surface area contributed by atoms with Crippen LogP contribution in [0.1, 0.15) is 12.8 Å². The Morgan fingerprint density at radius 3 is 2.23 bits per heavy atom. The first-order valence-electron chi connectivity index (χ1n) is 7.71. The SMILES string of the molecule is O=C(CN1CCOCC1)Nc1ccc(NC(=O)C2CC2)cc1. The molecule has 2 fully saturated rings. The molecule has 6 heteroatoms. The lowest BCUT2D eigenvalue weighted by molar-refractivity contribution is -0.118. The van der Waals surface area contributed by atoms with Crippen LogP contribution < -0.4 is 10.6 Å². The van der Waals surface area contributed by atoms with Crippen molar-refractivity contribution in [2.45, 2.75) is 12.8 Å². The molecule has 2 N–H and O–H groups in total. The molecule has 0 unspecified atom stereocenters. The molecule has 22 heavy (non-hydrogen) atoms. The minimum atomic E-state index is -0.0309. The second-order valence-corrected chi connectivity index (χ2v) is 5.78. The lowest BCUT2D eigenvalue weighted by Gasteiger charge is -2.25. The number of morpholine rings is 1. The first-order valence-corrected chi connectivity index (χ1v) is 7.71. The number of nitrogens with one attached hydrogen (secondary N) is 2. The normalized spacial score (nSPS) is 18.7. The van der Waals surface area contributed by atoms with Gasteiger partial charge in [0.25, 0.3) is 0 Å². The molecule has 1 aliphatic carbocycles. The Morgan fingerprint density at radius 1 is 1.05 bits per heavy atom. The van der Waals surface area contributed by atoms with Crippen molar-refractivity contribution < 1.29 is 14.3 Å². The molecule has 0 atom stereocenters. The van der Waals surface area contributed by atoms with Crippen LogP contribution in [0.5, 0.6) is 0 Å². The molecule has 2 amide bonds. The zero-order chi connectivity index (χ0) is 15.4. The minimum absolute atomic E-state index is 0.0309. The lowest BCUT2D eigenvalue weighted by atomic mass is 10.2. The van der Waals surface area contributed by atoms with Gasteiger partial charge in [0.15, 0.2) is 0 Å². The van der Waals surface area contributed by atoms with Crippen LogP contribution in [0.25, 0.3) is 0 Å². The fraction of sp³-hybridized carbons (Fsp3) is 0.500. The number of amides is 2. The van der Waals surface area contributed by atoms with E-state index in [2.05, 4.69) is 15.5 Å². The molecule has 3 rings (SSSR count). The second kappa shape index (κ2) is 6.89. The molecular weight excluding hydrogens is 282 g/mol. The topological polar surface area (TPSA) is 70.7 Å². The van der Waals surface area contributed by atoms with Gasteiger partial charge in [-0.2, -0.15) is 0 Å². The number of carbonyl (C=O) groups is 2. The van der Waals surface area contributed by atoms with Crippen molar-refractivity contribution in [2.24, 2.45) is 5.92 Å². The Balaban J connectivity index is 1.47. The molecule has 1 saturated carbocycles. The highest BCUT2D eigenvalue weighted by Gasteiger charge is 2.29. The molecule has 1 aliphatic heterocycles. The van der Waals surface area contributed by atoms with Gasteiger partial charge in [0.2, 0.25) is 11.8 Å².